The van der Waals surface area contributed by atoms with Crippen LogP contribution in [0.15, 0.2) is 0 Å². The van der Waals surface area contributed by atoms with Crippen molar-refractivity contribution in [3.8, 4) is 0 Å². The summed E-state index contributed by atoms with van der Waals surface area (Å²) in [6.45, 7) is 2.28. The van der Waals surface area contributed by atoms with Gasteiger partial charge in [-0.1, -0.05) is 34.9 Å². The molecule has 0 bridgehead atoms. The Morgan fingerprint density at radius 2 is 1.85 bits per heavy atom. The van der Waals surface area contributed by atoms with Crippen LogP contribution in [0.4, 0.5) is 0 Å². The molecule has 0 rings (SSSR count). The van der Waals surface area contributed by atoms with Crippen LogP contribution in [0.25, 0.3) is 0 Å². The van der Waals surface area contributed by atoms with Crippen LogP contribution in [-0.2, 0) is 0 Å². The molecule has 0 aliphatic carbocycles. The summed E-state index contributed by atoms with van der Waals surface area (Å²) in [6.07, 6.45) is 3.52. The lowest BCUT2D eigenvalue weighted by molar-refractivity contribution is 0.130. The standard InChI is InChI=1S/C9H20O2S2/c1-2-3-7-12-13-8-5-9(11)4-6-10/h9-11H,2-8H2,1H3. The second-order valence-corrected chi connectivity index (χ2v) is 5.65. The van der Waals surface area contributed by atoms with E-state index in [2.05, 4.69) is 6.92 Å². The number of unbranched alkanes of at least 4 members (excludes halogenated alkanes) is 1. The molecule has 1 atom stereocenters. The zero-order chi connectivity index (χ0) is 9.94. The van der Waals surface area contributed by atoms with Crippen molar-refractivity contribution in [2.45, 2.75) is 38.7 Å². The minimum atomic E-state index is -0.315. The third-order valence-corrected chi connectivity index (χ3v) is 4.19. The molecule has 13 heavy (non-hydrogen) atoms. The maximum absolute atomic E-state index is 9.27. The first-order chi connectivity index (χ1) is 6.31. The van der Waals surface area contributed by atoms with E-state index in [0.717, 1.165) is 12.2 Å². The van der Waals surface area contributed by atoms with Crippen molar-refractivity contribution in [2.75, 3.05) is 18.1 Å². The Morgan fingerprint density at radius 3 is 2.46 bits per heavy atom. The van der Waals surface area contributed by atoms with E-state index in [1.165, 1.54) is 18.6 Å². The fourth-order valence-corrected chi connectivity index (χ4v) is 3.16. The first-order valence-corrected chi connectivity index (χ1v) is 7.33. The quantitative estimate of drug-likeness (QED) is 0.466. The molecule has 1 unspecified atom stereocenters. The first kappa shape index (κ1) is 13.6. The number of rotatable bonds is 9. The maximum atomic E-state index is 9.27. The normalized spacial score (nSPS) is 13.2. The zero-order valence-electron chi connectivity index (χ0n) is 8.24. The van der Waals surface area contributed by atoms with E-state index >= 15 is 0 Å². The Kier molecular flexibility index (Phi) is 11.2. The van der Waals surface area contributed by atoms with Gasteiger partial charge in [-0.15, -0.1) is 0 Å². The summed E-state index contributed by atoms with van der Waals surface area (Å²) in [4.78, 5) is 0. The van der Waals surface area contributed by atoms with Crippen molar-refractivity contribution in [3.05, 3.63) is 0 Å². The van der Waals surface area contributed by atoms with Gasteiger partial charge in [-0.05, 0) is 19.3 Å². The summed E-state index contributed by atoms with van der Waals surface area (Å²) in [5.74, 6) is 2.19. The van der Waals surface area contributed by atoms with E-state index in [9.17, 15) is 5.11 Å². The Balaban J connectivity index is 2.97. The monoisotopic (exact) mass is 224 g/mol. The molecule has 0 heterocycles. The lowest BCUT2D eigenvalue weighted by Gasteiger charge is -2.07. The molecule has 0 amide bonds. The minimum Gasteiger partial charge on any atom is -0.396 e. The summed E-state index contributed by atoms with van der Waals surface area (Å²) in [6, 6.07) is 0. The number of aliphatic hydroxyl groups is 2. The van der Waals surface area contributed by atoms with E-state index in [1.54, 1.807) is 0 Å². The van der Waals surface area contributed by atoms with Gasteiger partial charge in [0.1, 0.15) is 0 Å². The van der Waals surface area contributed by atoms with E-state index in [1.807, 2.05) is 21.6 Å². The Bertz CT molecular complexity index is 102. The molecule has 0 fully saturated rings. The van der Waals surface area contributed by atoms with Crippen molar-refractivity contribution in [1.82, 2.24) is 0 Å². The molecule has 2 nitrogen and oxygen atoms in total. The number of aliphatic hydroxyl groups excluding tert-OH is 2. The summed E-state index contributed by atoms with van der Waals surface area (Å²) in [7, 11) is 3.70. The molecule has 0 aliphatic rings. The summed E-state index contributed by atoms with van der Waals surface area (Å²) >= 11 is 0. The van der Waals surface area contributed by atoms with Gasteiger partial charge in [-0.3, -0.25) is 0 Å². The Hall–Kier alpha value is 0.620. The third-order valence-electron chi connectivity index (χ3n) is 1.66. The van der Waals surface area contributed by atoms with Crippen LogP contribution in [0.1, 0.15) is 32.6 Å². The largest absolute Gasteiger partial charge is 0.396 e. The molecule has 0 radical (unpaired) electrons. The average Bonchev–Trinajstić information content (AvgIpc) is 2.11. The van der Waals surface area contributed by atoms with Gasteiger partial charge in [0.15, 0.2) is 0 Å². The second kappa shape index (κ2) is 10.7. The number of hydrogen-bond acceptors (Lipinski definition) is 4. The van der Waals surface area contributed by atoms with Gasteiger partial charge in [0.2, 0.25) is 0 Å². The van der Waals surface area contributed by atoms with Crippen LogP contribution in [0.3, 0.4) is 0 Å². The molecule has 0 aliphatic heterocycles. The highest BCUT2D eigenvalue weighted by Crippen LogP contribution is 2.23. The molecule has 0 aromatic carbocycles. The topological polar surface area (TPSA) is 40.5 Å². The van der Waals surface area contributed by atoms with Crippen LogP contribution in [-0.4, -0.2) is 34.4 Å². The molecule has 2 N–H and O–H groups in total. The molecular formula is C9H20O2S2. The van der Waals surface area contributed by atoms with Crippen LogP contribution in [0, 0.1) is 0 Å². The van der Waals surface area contributed by atoms with E-state index in [0.29, 0.717) is 6.42 Å². The fourth-order valence-electron chi connectivity index (χ4n) is 0.799. The highest BCUT2D eigenvalue weighted by molar-refractivity contribution is 8.76. The van der Waals surface area contributed by atoms with Gasteiger partial charge >= 0.3 is 0 Å². The van der Waals surface area contributed by atoms with E-state index in [-0.39, 0.29) is 12.7 Å². The molecular weight excluding hydrogens is 204 g/mol. The molecule has 0 aromatic rings. The predicted molar refractivity (Wildman–Crippen MR) is 62.2 cm³/mol. The van der Waals surface area contributed by atoms with Crippen LogP contribution in [0.2, 0.25) is 0 Å². The molecule has 80 valence electrons. The van der Waals surface area contributed by atoms with Crippen molar-refractivity contribution in [2.24, 2.45) is 0 Å². The van der Waals surface area contributed by atoms with Crippen molar-refractivity contribution in [1.29, 1.82) is 0 Å². The number of hydrogen-bond donors (Lipinski definition) is 2. The van der Waals surface area contributed by atoms with Crippen molar-refractivity contribution >= 4 is 21.6 Å². The smallest absolute Gasteiger partial charge is 0.0570 e. The van der Waals surface area contributed by atoms with E-state index < -0.39 is 0 Å². The third kappa shape index (κ3) is 10.5. The Morgan fingerprint density at radius 1 is 1.15 bits per heavy atom. The van der Waals surface area contributed by atoms with Gasteiger partial charge in [0, 0.05) is 18.1 Å². The molecule has 0 saturated heterocycles. The van der Waals surface area contributed by atoms with Crippen molar-refractivity contribution in [3.63, 3.8) is 0 Å². The lowest BCUT2D eigenvalue weighted by atomic mass is 10.2. The second-order valence-electron chi connectivity index (χ2n) is 2.95. The predicted octanol–water partition coefficient (Wildman–Crippen LogP) is 2.30. The molecule has 0 aromatic heterocycles. The summed E-state index contributed by atoms with van der Waals surface area (Å²) in [5, 5.41) is 17.8. The Labute approximate surface area is 88.9 Å². The summed E-state index contributed by atoms with van der Waals surface area (Å²) < 4.78 is 0. The highest BCUT2D eigenvalue weighted by atomic mass is 33.1. The SMILES string of the molecule is CCCCSSCCC(O)CCO. The first-order valence-electron chi connectivity index (χ1n) is 4.84. The van der Waals surface area contributed by atoms with Gasteiger partial charge in [-0.25, -0.2) is 0 Å². The minimum absolute atomic E-state index is 0.0921. The molecule has 4 heteroatoms. The maximum Gasteiger partial charge on any atom is 0.0570 e. The fraction of sp³-hybridized carbons (Fsp3) is 1.00. The van der Waals surface area contributed by atoms with Gasteiger partial charge < -0.3 is 10.2 Å². The van der Waals surface area contributed by atoms with Gasteiger partial charge in [0.05, 0.1) is 6.10 Å². The van der Waals surface area contributed by atoms with Crippen molar-refractivity contribution < 1.29 is 10.2 Å². The summed E-state index contributed by atoms with van der Waals surface area (Å²) in [5.41, 5.74) is 0. The van der Waals surface area contributed by atoms with Crippen LogP contribution < -0.4 is 0 Å². The van der Waals surface area contributed by atoms with Gasteiger partial charge in [0.25, 0.3) is 0 Å². The van der Waals surface area contributed by atoms with Crippen LogP contribution >= 0.6 is 21.6 Å². The van der Waals surface area contributed by atoms with Crippen LogP contribution in [0.5, 0.6) is 0 Å². The van der Waals surface area contributed by atoms with E-state index in [4.69, 9.17) is 5.11 Å². The van der Waals surface area contributed by atoms with Gasteiger partial charge in [-0.2, -0.15) is 0 Å². The average molecular weight is 224 g/mol. The lowest BCUT2D eigenvalue weighted by Crippen LogP contribution is -2.09. The highest BCUT2D eigenvalue weighted by Gasteiger charge is 2.02. The molecule has 0 saturated carbocycles. The molecule has 0 spiro atoms. The zero-order valence-corrected chi connectivity index (χ0v) is 9.87.